The minimum absolute atomic E-state index is 0.0336. The molecular formula is C16H17NO3. The molecule has 0 saturated heterocycles. The van der Waals surface area contributed by atoms with Crippen LogP contribution >= 0.6 is 0 Å². The lowest BCUT2D eigenvalue weighted by molar-refractivity contribution is 0.0764. The SMILES string of the molecule is COc1ccc(C(=O)COCCc2ccccn2)cc1. The third-order valence-electron chi connectivity index (χ3n) is 2.87. The van der Waals surface area contributed by atoms with E-state index in [9.17, 15) is 4.79 Å². The van der Waals surface area contributed by atoms with E-state index < -0.39 is 0 Å². The molecule has 4 nitrogen and oxygen atoms in total. The van der Waals surface area contributed by atoms with Crippen LogP contribution in [0.2, 0.25) is 0 Å². The zero-order valence-corrected chi connectivity index (χ0v) is 11.4. The summed E-state index contributed by atoms with van der Waals surface area (Å²) in [7, 11) is 1.59. The van der Waals surface area contributed by atoms with Gasteiger partial charge in [0, 0.05) is 23.9 Å². The predicted octanol–water partition coefficient (Wildman–Crippen LogP) is 2.53. The molecule has 0 fully saturated rings. The molecule has 1 heterocycles. The fourth-order valence-corrected chi connectivity index (χ4v) is 1.75. The van der Waals surface area contributed by atoms with Crippen LogP contribution in [0.25, 0.3) is 0 Å². The Kier molecular flexibility index (Phi) is 5.26. The minimum Gasteiger partial charge on any atom is -0.497 e. The van der Waals surface area contributed by atoms with E-state index >= 15 is 0 Å². The van der Waals surface area contributed by atoms with Crippen molar-refractivity contribution in [1.82, 2.24) is 4.98 Å². The number of Topliss-reactive ketones (excluding diaryl/α,β-unsaturated/α-hetero) is 1. The van der Waals surface area contributed by atoms with E-state index in [0.717, 1.165) is 11.4 Å². The molecule has 0 saturated carbocycles. The molecule has 4 heteroatoms. The Morgan fingerprint density at radius 1 is 1.15 bits per heavy atom. The lowest BCUT2D eigenvalue weighted by Crippen LogP contribution is -2.11. The van der Waals surface area contributed by atoms with Gasteiger partial charge in [0.25, 0.3) is 0 Å². The summed E-state index contributed by atoms with van der Waals surface area (Å²) in [6.07, 6.45) is 2.45. The first kappa shape index (κ1) is 14.2. The highest BCUT2D eigenvalue weighted by Gasteiger charge is 2.06. The number of hydrogen-bond donors (Lipinski definition) is 0. The van der Waals surface area contributed by atoms with Gasteiger partial charge in [0.1, 0.15) is 12.4 Å². The zero-order valence-electron chi connectivity index (χ0n) is 11.4. The number of methoxy groups -OCH3 is 1. The van der Waals surface area contributed by atoms with Crippen LogP contribution in [-0.4, -0.2) is 31.1 Å². The normalized spacial score (nSPS) is 10.2. The van der Waals surface area contributed by atoms with E-state index in [-0.39, 0.29) is 12.4 Å². The molecule has 2 rings (SSSR count). The van der Waals surface area contributed by atoms with Crippen LogP contribution in [0, 0.1) is 0 Å². The molecule has 1 aromatic heterocycles. The third-order valence-corrected chi connectivity index (χ3v) is 2.87. The average molecular weight is 271 g/mol. The smallest absolute Gasteiger partial charge is 0.188 e. The molecule has 0 aliphatic rings. The van der Waals surface area contributed by atoms with E-state index in [1.54, 1.807) is 37.6 Å². The first-order valence-corrected chi connectivity index (χ1v) is 6.44. The lowest BCUT2D eigenvalue weighted by Gasteiger charge is -2.05. The summed E-state index contributed by atoms with van der Waals surface area (Å²) >= 11 is 0. The number of carbonyl (C=O) groups is 1. The highest BCUT2D eigenvalue weighted by atomic mass is 16.5. The zero-order chi connectivity index (χ0) is 14.2. The van der Waals surface area contributed by atoms with Gasteiger partial charge in [0.2, 0.25) is 0 Å². The molecule has 0 aliphatic heterocycles. The van der Waals surface area contributed by atoms with E-state index in [2.05, 4.69) is 4.98 Å². The van der Waals surface area contributed by atoms with Crippen LogP contribution in [0.5, 0.6) is 5.75 Å². The number of nitrogens with zero attached hydrogens (tertiary/aromatic N) is 1. The maximum atomic E-state index is 11.9. The first-order valence-electron chi connectivity index (χ1n) is 6.44. The molecule has 0 atom stereocenters. The highest BCUT2D eigenvalue weighted by Crippen LogP contribution is 2.11. The molecule has 0 radical (unpaired) electrons. The minimum atomic E-state index is -0.0336. The Labute approximate surface area is 118 Å². The van der Waals surface area contributed by atoms with Crippen molar-refractivity contribution < 1.29 is 14.3 Å². The van der Waals surface area contributed by atoms with Crippen molar-refractivity contribution in [1.29, 1.82) is 0 Å². The van der Waals surface area contributed by atoms with Gasteiger partial charge in [-0.3, -0.25) is 9.78 Å². The van der Waals surface area contributed by atoms with Crippen LogP contribution in [0.1, 0.15) is 16.1 Å². The fourth-order valence-electron chi connectivity index (χ4n) is 1.75. The maximum Gasteiger partial charge on any atom is 0.188 e. The van der Waals surface area contributed by atoms with Crippen molar-refractivity contribution in [2.24, 2.45) is 0 Å². The molecule has 0 unspecified atom stereocenters. The maximum absolute atomic E-state index is 11.9. The van der Waals surface area contributed by atoms with Gasteiger partial charge in [0.05, 0.1) is 13.7 Å². The quantitative estimate of drug-likeness (QED) is 0.573. The largest absolute Gasteiger partial charge is 0.497 e. The van der Waals surface area contributed by atoms with E-state index in [1.165, 1.54) is 0 Å². The van der Waals surface area contributed by atoms with Crippen molar-refractivity contribution >= 4 is 5.78 Å². The molecule has 0 spiro atoms. The lowest BCUT2D eigenvalue weighted by atomic mass is 10.1. The van der Waals surface area contributed by atoms with Crippen molar-refractivity contribution in [3.63, 3.8) is 0 Å². The van der Waals surface area contributed by atoms with Gasteiger partial charge in [0.15, 0.2) is 5.78 Å². The Bertz CT molecular complexity index is 537. The number of rotatable bonds is 7. The molecule has 20 heavy (non-hydrogen) atoms. The molecule has 104 valence electrons. The van der Waals surface area contributed by atoms with Crippen LogP contribution in [-0.2, 0) is 11.2 Å². The summed E-state index contributed by atoms with van der Waals surface area (Å²) in [5.41, 5.74) is 1.59. The second kappa shape index (κ2) is 7.40. The van der Waals surface area contributed by atoms with Crippen molar-refractivity contribution in [2.45, 2.75) is 6.42 Å². The van der Waals surface area contributed by atoms with Crippen molar-refractivity contribution in [3.8, 4) is 5.75 Å². The molecule has 2 aromatic rings. The topological polar surface area (TPSA) is 48.4 Å². The summed E-state index contributed by atoms with van der Waals surface area (Å²) in [4.78, 5) is 16.1. The fraction of sp³-hybridized carbons (Fsp3) is 0.250. The number of hydrogen-bond acceptors (Lipinski definition) is 4. The van der Waals surface area contributed by atoms with Crippen molar-refractivity contribution in [2.75, 3.05) is 20.3 Å². The van der Waals surface area contributed by atoms with Gasteiger partial charge in [-0.2, -0.15) is 0 Å². The standard InChI is InChI=1S/C16H17NO3/c1-19-15-7-5-13(6-8-15)16(18)12-20-11-9-14-4-2-3-10-17-14/h2-8,10H,9,11-12H2,1H3. The first-order chi connectivity index (χ1) is 9.79. The van der Waals surface area contributed by atoms with Gasteiger partial charge in [-0.15, -0.1) is 0 Å². The number of aromatic nitrogens is 1. The molecule has 0 bridgehead atoms. The molecule has 0 N–H and O–H groups in total. The van der Waals surface area contributed by atoms with Crippen molar-refractivity contribution in [3.05, 3.63) is 59.9 Å². The molecule has 0 amide bonds. The highest BCUT2D eigenvalue weighted by molar-refractivity contribution is 5.97. The third kappa shape index (κ3) is 4.17. The molecule has 1 aromatic carbocycles. The van der Waals surface area contributed by atoms with E-state index in [1.807, 2.05) is 18.2 Å². The average Bonchev–Trinajstić information content (AvgIpc) is 2.52. The van der Waals surface area contributed by atoms with Gasteiger partial charge < -0.3 is 9.47 Å². The van der Waals surface area contributed by atoms with E-state index in [4.69, 9.17) is 9.47 Å². The summed E-state index contributed by atoms with van der Waals surface area (Å²) in [5, 5.41) is 0. The van der Waals surface area contributed by atoms with Gasteiger partial charge in [-0.05, 0) is 36.4 Å². The van der Waals surface area contributed by atoms with Crippen LogP contribution in [0.15, 0.2) is 48.7 Å². The van der Waals surface area contributed by atoms with E-state index in [0.29, 0.717) is 18.6 Å². The predicted molar refractivity (Wildman–Crippen MR) is 76.1 cm³/mol. The Hall–Kier alpha value is -2.20. The molecular weight excluding hydrogens is 254 g/mol. The Morgan fingerprint density at radius 3 is 2.60 bits per heavy atom. The summed E-state index contributed by atoms with van der Waals surface area (Å²) in [6, 6.07) is 12.8. The summed E-state index contributed by atoms with van der Waals surface area (Å²) < 4.78 is 10.4. The second-order valence-electron chi connectivity index (χ2n) is 4.28. The second-order valence-corrected chi connectivity index (χ2v) is 4.28. The Morgan fingerprint density at radius 2 is 1.95 bits per heavy atom. The molecule has 0 aliphatic carbocycles. The van der Waals surface area contributed by atoms with Crippen LogP contribution in [0.3, 0.4) is 0 Å². The Balaban J connectivity index is 1.74. The van der Waals surface area contributed by atoms with Gasteiger partial charge >= 0.3 is 0 Å². The van der Waals surface area contributed by atoms with Gasteiger partial charge in [-0.1, -0.05) is 6.07 Å². The number of pyridine rings is 1. The number of ether oxygens (including phenoxy) is 2. The van der Waals surface area contributed by atoms with Crippen LogP contribution in [0.4, 0.5) is 0 Å². The monoisotopic (exact) mass is 271 g/mol. The number of carbonyl (C=O) groups excluding carboxylic acids is 1. The number of benzene rings is 1. The summed E-state index contributed by atoms with van der Waals surface area (Å²) in [5.74, 6) is 0.700. The van der Waals surface area contributed by atoms with Crippen LogP contribution < -0.4 is 4.74 Å². The number of ketones is 1. The summed E-state index contributed by atoms with van der Waals surface area (Å²) in [6.45, 7) is 0.568. The van der Waals surface area contributed by atoms with Gasteiger partial charge in [-0.25, -0.2) is 0 Å².